The van der Waals surface area contributed by atoms with Gasteiger partial charge in [-0.25, -0.2) is 4.98 Å². The number of hydrogen-bond donors (Lipinski definition) is 2. The lowest BCUT2D eigenvalue weighted by molar-refractivity contribution is 0.299. The fourth-order valence-electron chi connectivity index (χ4n) is 3.19. The molecule has 2 N–H and O–H groups in total. The monoisotopic (exact) mass is 500 g/mol. The Kier molecular flexibility index (Phi) is 9.40. The molecule has 0 spiro atoms. The van der Waals surface area contributed by atoms with E-state index < -0.39 is 0 Å². The van der Waals surface area contributed by atoms with Crippen LogP contribution in [0.25, 0.3) is 0 Å². The summed E-state index contributed by atoms with van der Waals surface area (Å²) in [5.74, 6) is 2.52. The largest absolute Gasteiger partial charge is 0.357 e. The summed E-state index contributed by atoms with van der Waals surface area (Å²) in [5, 5.41) is 10.9. The smallest absolute Gasteiger partial charge is 0.193 e. The summed E-state index contributed by atoms with van der Waals surface area (Å²) in [7, 11) is 0. The topological polar surface area (TPSA) is 69.2 Å². The first-order chi connectivity index (χ1) is 12.8. The molecule has 0 aliphatic carbocycles. The van der Waals surface area contributed by atoms with Crippen molar-refractivity contribution < 1.29 is 0 Å². The van der Waals surface area contributed by atoms with Gasteiger partial charge in [0.1, 0.15) is 12.2 Å². The maximum atomic E-state index is 4.90. The molecule has 8 heteroatoms. The Morgan fingerprint density at radius 3 is 2.70 bits per heavy atom. The van der Waals surface area contributed by atoms with Gasteiger partial charge >= 0.3 is 0 Å². The number of guanidine groups is 1. The third-order valence-electron chi connectivity index (χ3n) is 4.53. The molecule has 1 unspecified atom stereocenters. The van der Waals surface area contributed by atoms with E-state index in [0.717, 1.165) is 50.8 Å². The molecule has 148 valence electrons. The van der Waals surface area contributed by atoms with Gasteiger partial charge < -0.3 is 10.2 Å². The number of nitrogens with one attached hydrogen (secondary N) is 2. The number of aliphatic imine (C=N–C) groups is 1. The molecular weight excluding hydrogens is 471 g/mol. The summed E-state index contributed by atoms with van der Waals surface area (Å²) in [6.07, 6.45) is 3.75. The van der Waals surface area contributed by atoms with E-state index in [4.69, 9.17) is 4.99 Å². The number of hydrogen-bond acceptors (Lipinski definition) is 4. The van der Waals surface area contributed by atoms with Crippen LogP contribution in [0.15, 0.2) is 46.5 Å². The van der Waals surface area contributed by atoms with Gasteiger partial charge in [-0.05, 0) is 31.9 Å². The number of aromatic nitrogens is 3. The lowest BCUT2D eigenvalue weighted by Gasteiger charge is -2.33. The average Bonchev–Trinajstić information content (AvgIpc) is 3.21. The average molecular weight is 500 g/mol. The Morgan fingerprint density at radius 2 is 2.07 bits per heavy atom. The van der Waals surface area contributed by atoms with Crippen LogP contribution in [-0.4, -0.2) is 57.5 Å². The zero-order chi connectivity index (χ0) is 18.2. The summed E-state index contributed by atoms with van der Waals surface area (Å²) in [6, 6.07) is 10.5. The van der Waals surface area contributed by atoms with E-state index in [1.165, 1.54) is 4.90 Å². The van der Waals surface area contributed by atoms with Gasteiger partial charge in [-0.3, -0.25) is 10.1 Å². The molecule has 1 aliphatic rings. The fraction of sp³-hybridized carbons (Fsp3) is 0.526. The second-order valence-electron chi connectivity index (χ2n) is 6.57. The Balaban J connectivity index is 0.00000261. The van der Waals surface area contributed by atoms with Crippen LogP contribution in [-0.2, 0) is 0 Å². The first-order valence-corrected chi connectivity index (χ1v) is 10.2. The highest BCUT2D eigenvalue weighted by Crippen LogP contribution is 2.25. The highest BCUT2D eigenvalue weighted by molar-refractivity contribution is 14.0. The molecule has 1 aromatic carbocycles. The second kappa shape index (κ2) is 11.5. The Hall–Kier alpha value is -1.29. The van der Waals surface area contributed by atoms with E-state index in [2.05, 4.69) is 69.6 Å². The zero-order valence-corrected chi connectivity index (χ0v) is 19.1. The van der Waals surface area contributed by atoms with Crippen molar-refractivity contribution in [3.8, 4) is 0 Å². The van der Waals surface area contributed by atoms with Gasteiger partial charge in [0, 0.05) is 35.7 Å². The number of halogens is 1. The van der Waals surface area contributed by atoms with Gasteiger partial charge in [0.05, 0.1) is 6.54 Å². The molecule has 3 rings (SSSR count). The summed E-state index contributed by atoms with van der Waals surface area (Å²) < 4.78 is 0. The van der Waals surface area contributed by atoms with Crippen molar-refractivity contribution in [1.29, 1.82) is 0 Å². The number of benzene rings is 1. The van der Waals surface area contributed by atoms with Crippen LogP contribution in [0.1, 0.15) is 38.4 Å². The standard InChI is InChI=1S/C19H28N6S.HI/c1-3-20-19(21-13-15(2)26-17-7-5-4-6-8-17)25-11-9-16(10-12-25)18-22-14-23-24-18;/h4-8,14-16H,3,9-13H2,1-2H3,(H,20,21)(H,22,23,24);1H. The maximum absolute atomic E-state index is 4.90. The van der Waals surface area contributed by atoms with Crippen LogP contribution >= 0.6 is 35.7 Å². The van der Waals surface area contributed by atoms with Gasteiger partial charge in [-0.15, -0.1) is 35.7 Å². The minimum atomic E-state index is 0. The molecule has 1 atom stereocenters. The van der Waals surface area contributed by atoms with Crippen LogP contribution in [0.3, 0.4) is 0 Å². The van der Waals surface area contributed by atoms with Crippen LogP contribution in [0.5, 0.6) is 0 Å². The molecule has 27 heavy (non-hydrogen) atoms. The van der Waals surface area contributed by atoms with Crippen LogP contribution in [0.4, 0.5) is 0 Å². The van der Waals surface area contributed by atoms with Crippen molar-refractivity contribution in [2.75, 3.05) is 26.2 Å². The first-order valence-electron chi connectivity index (χ1n) is 9.36. The van der Waals surface area contributed by atoms with Gasteiger partial charge in [0.2, 0.25) is 0 Å². The van der Waals surface area contributed by atoms with Crippen molar-refractivity contribution in [3.05, 3.63) is 42.5 Å². The van der Waals surface area contributed by atoms with Crippen LogP contribution in [0.2, 0.25) is 0 Å². The van der Waals surface area contributed by atoms with E-state index in [0.29, 0.717) is 11.2 Å². The molecule has 2 aromatic rings. The predicted molar refractivity (Wildman–Crippen MR) is 123 cm³/mol. The molecule has 1 saturated heterocycles. The third kappa shape index (κ3) is 6.67. The Labute approximate surface area is 183 Å². The normalized spacial score (nSPS) is 16.7. The summed E-state index contributed by atoms with van der Waals surface area (Å²) in [5.41, 5.74) is 0. The minimum Gasteiger partial charge on any atom is -0.357 e. The van der Waals surface area contributed by atoms with E-state index in [1.54, 1.807) is 6.33 Å². The summed E-state index contributed by atoms with van der Waals surface area (Å²) in [4.78, 5) is 12.9. The van der Waals surface area contributed by atoms with Crippen molar-refractivity contribution in [3.63, 3.8) is 0 Å². The molecular formula is C19H29IN6S. The van der Waals surface area contributed by atoms with Crippen LogP contribution in [0, 0.1) is 0 Å². The van der Waals surface area contributed by atoms with E-state index in [1.807, 2.05) is 11.8 Å². The molecule has 1 aliphatic heterocycles. The lowest BCUT2D eigenvalue weighted by Crippen LogP contribution is -2.45. The summed E-state index contributed by atoms with van der Waals surface area (Å²) >= 11 is 1.88. The molecule has 2 heterocycles. The van der Waals surface area contributed by atoms with Gasteiger partial charge in [-0.2, -0.15) is 5.10 Å². The molecule has 0 bridgehead atoms. The number of nitrogens with zero attached hydrogens (tertiary/aromatic N) is 4. The highest BCUT2D eigenvalue weighted by Gasteiger charge is 2.24. The second-order valence-corrected chi connectivity index (χ2v) is 8.08. The quantitative estimate of drug-likeness (QED) is 0.274. The molecule has 0 radical (unpaired) electrons. The third-order valence-corrected chi connectivity index (χ3v) is 5.62. The van der Waals surface area contributed by atoms with Gasteiger partial charge in [-0.1, -0.05) is 25.1 Å². The minimum absolute atomic E-state index is 0. The van der Waals surface area contributed by atoms with Crippen molar-refractivity contribution >= 4 is 41.7 Å². The van der Waals surface area contributed by atoms with Crippen molar-refractivity contribution in [2.45, 2.75) is 42.8 Å². The Bertz CT molecular complexity index is 671. The van der Waals surface area contributed by atoms with Gasteiger partial charge in [0.15, 0.2) is 5.96 Å². The fourth-order valence-corrected chi connectivity index (χ4v) is 4.11. The molecule has 6 nitrogen and oxygen atoms in total. The van der Waals surface area contributed by atoms with Crippen LogP contribution < -0.4 is 5.32 Å². The molecule has 1 fully saturated rings. The van der Waals surface area contributed by atoms with E-state index in [9.17, 15) is 0 Å². The lowest BCUT2D eigenvalue weighted by atomic mass is 9.96. The predicted octanol–water partition coefficient (Wildman–Crippen LogP) is 3.75. The molecule has 0 saturated carbocycles. The van der Waals surface area contributed by atoms with Crippen molar-refractivity contribution in [2.24, 2.45) is 4.99 Å². The van der Waals surface area contributed by atoms with E-state index in [-0.39, 0.29) is 24.0 Å². The zero-order valence-electron chi connectivity index (χ0n) is 16.0. The van der Waals surface area contributed by atoms with E-state index >= 15 is 0 Å². The van der Waals surface area contributed by atoms with Crippen molar-refractivity contribution in [1.82, 2.24) is 25.4 Å². The number of piperidine rings is 1. The SMILES string of the molecule is CCNC(=NCC(C)Sc1ccccc1)N1CCC(c2ncn[nH]2)CC1.I. The van der Waals surface area contributed by atoms with Gasteiger partial charge in [0.25, 0.3) is 0 Å². The maximum Gasteiger partial charge on any atom is 0.193 e. The summed E-state index contributed by atoms with van der Waals surface area (Å²) in [6.45, 7) is 8.06. The molecule has 1 aromatic heterocycles. The number of H-pyrrole nitrogens is 1. The number of thioether (sulfide) groups is 1. The molecule has 0 amide bonds. The number of likely N-dealkylation sites (tertiary alicyclic amines) is 1. The first kappa shape index (κ1) is 22.0. The number of aromatic amines is 1. The number of rotatable bonds is 6. The highest BCUT2D eigenvalue weighted by atomic mass is 127. The Morgan fingerprint density at radius 1 is 1.33 bits per heavy atom.